The maximum Gasteiger partial charge on any atom is 0.416 e. The van der Waals surface area contributed by atoms with Gasteiger partial charge in [0.2, 0.25) is 11.6 Å². The van der Waals surface area contributed by atoms with E-state index in [1.807, 2.05) is 85.8 Å². The highest BCUT2D eigenvalue weighted by Gasteiger charge is 2.38. The lowest BCUT2D eigenvalue weighted by Gasteiger charge is -2.27. The molecule has 14 nitrogen and oxygen atoms in total. The summed E-state index contributed by atoms with van der Waals surface area (Å²) in [7, 11) is 0. The molecular weight excluding hydrogens is 871 g/mol. The van der Waals surface area contributed by atoms with Gasteiger partial charge in [0, 0.05) is 11.1 Å². The summed E-state index contributed by atoms with van der Waals surface area (Å²) < 4.78 is 87.1. The predicted octanol–water partition coefficient (Wildman–Crippen LogP) is 8.59. The second-order valence-corrected chi connectivity index (χ2v) is 15.6. The number of aromatic nitrogens is 8. The van der Waals surface area contributed by atoms with E-state index < -0.39 is 29.6 Å². The van der Waals surface area contributed by atoms with Crippen molar-refractivity contribution in [2.24, 2.45) is 0 Å². The molecule has 4 heterocycles. The van der Waals surface area contributed by atoms with E-state index in [0.717, 1.165) is 63.2 Å². The summed E-state index contributed by atoms with van der Waals surface area (Å²) in [4.78, 5) is 28.1. The highest BCUT2D eigenvalue weighted by molar-refractivity contribution is 5.71. The molecule has 0 bridgehead atoms. The first-order valence-corrected chi connectivity index (χ1v) is 20.7. The van der Waals surface area contributed by atoms with Gasteiger partial charge in [-0.05, 0) is 82.3 Å². The maximum atomic E-state index is 12.9. The van der Waals surface area contributed by atoms with Gasteiger partial charge in [-0.15, -0.1) is 20.4 Å². The summed E-state index contributed by atoms with van der Waals surface area (Å²) in [6.07, 6.45) is -8.75. The molecule has 0 spiro atoms. The first kappa shape index (κ1) is 44.9. The van der Waals surface area contributed by atoms with E-state index >= 15 is 0 Å². The fraction of sp³-hybridized carbons (Fsp3) is 0.261. The first-order chi connectivity index (χ1) is 31.7. The van der Waals surface area contributed by atoms with Gasteiger partial charge in [0.05, 0.1) is 42.3 Å². The van der Waals surface area contributed by atoms with Crippen LogP contribution in [-0.4, -0.2) is 82.8 Å². The normalized spacial score (nSPS) is 16.6. The Morgan fingerprint density at radius 1 is 0.621 bits per heavy atom. The average molecular weight is 911 g/mol. The molecule has 340 valence electrons. The number of ether oxygens (including phenoxy) is 2. The smallest absolute Gasteiger partial charge is 0.416 e. The quantitative estimate of drug-likeness (QED) is 0.118. The van der Waals surface area contributed by atoms with Crippen LogP contribution in [0, 0.1) is 0 Å². The lowest BCUT2D eigenvalue weighted by atomic mass is 9.98. The zero-order valence-corrected chi connectivity index (χ0v) is 35.0. The summed E-state index contributed by atoms with van der Waals surface area (Å²) in [5, 5.41) is 28.0. The van der Waals surface area contributed by atoms with Gasteiger partial charge < -0.3 is 14.8 Å². The number of carbonyl (C=O) groups is 2. The van der Waals surface area contributed by atoms with Gasteiger partial charge in [-0.25, -0.2) is 9.59 Å². The van der Waals surface area contributed by atoms with Crippen LogP contribution < -0.4 is 5.32 Å². The van der Waals surface area contributed by atoms with E-state index in [4.69, 9.17) is 9.47 Å². The first-order valence-electron chi connectivity index (χ1n) is 20.7. The van der Waals surface area contributed by atoms with Crippen LogP contribution in [0.5, 0.6) is 0 Å². The average Bonchev–Trinajstić information content (AvgIpc) is 4.13. The van der Waals surface area contributed by atoms with Crippen LogP contribution in [0.25, 0.3) is 22.8 Å². The van der Waals surface area contributed by atoms with E-state index in [1.54, 1.807) is 4.90 Å². The molecule has 0 unspecified atom stereocenters. The summed E-state index contributed by atoms with van der Waals surface area (Å²) in [5.74, 6) is 0.799. The van der Waals surface area contributed by atoms with Crippen LogP contribution in [0.4, 0.5) is 35.9 Å². The molecule has 7 aromatic rings. The number of tetrazole rings is 2. The summed E-state index contributed by atoms with van der Waals surface area (Å²) in [5.41, 5.74) is 4.32. The highest BCUT2D eigenvalue weighted by Crippen LogP contribution is 2.32. The van der Waals surface area contributed by atoms with Crippen LogP contribution in [0.2, 0.25) is 0 Å². The molecule has 3 atom stereocenters. The molecule has 2 amide bonds. The van der Waals surface area contributed by atoms with Crippen molar-refractivity contribution >= 4 is 12.2 Å². The number of nitrogens with one attached hydrogen (secondary N) is 1. The van der Waals surface area contributed by atoms with E-state index in [0.29, 0.717) is 37.6 Å². The van der Waals surface area contributed by atoms with E-state index in [-0.39, 0.29) is 37.4 Å². The second-order valence-electron chi connectivity index (χ2n) is 15.6. The minimum Gasteiger partial charge on any atom is -0.447 e. The van der Waals surface area contributed by atoms with Crippen LogP contribution in [-0.2, 0) is 47.8 Å². The van der Waals surface area contributed by atoms with Gasteiger partial charge in [-0.2, -0.15) is 35.9 Å². The molecule has 0 aliphatic carbocycles. The lowest BCUT2D eigenvalue weighted by molar-refractivity contribution is -0.138. The van der Waals surface area contributed by atoms with Gasteiger partial charge in [-0.3, -0.25) is 4.90 Å². The van der Waals surface area contributed by atoms with Crippen LogP contribution >= 0.6 is 0 Å². The number of cyclic esters (lactones) is 2. The van der Waals surface area contributed by atoms with Crippen molar-refractivity contribution in [1.29, 1.82) is 0 Å². The monoisotopic (exact) mass is 910 g/mol. The molecule has 2 saturated heterocycles. The van der Waals surface area contributed by atoms with Crippen molar-refractivity contribution in [3.05, 3.63) is 166 Å². The summed E-state index contributed by atoms with van der Waals surface area (Å²) >= 11 is 0. The Morgan fingerprint density at radius 3 is 1.59 bits per heavy atom. The molecule has 2 aromatic heterocycles. The molecule has 20 heteroatoms. The zero-order valence-electron chi connectivity index (χ0n) is 35.0. The number of benzene rings is 5. The number of amides is 2. The van der Waals surface area contributed by atoms with Gasteiger partial charge in [0.15, 0.2) is 0 Å². The topological polar surface area (TPSA) is 155 Å². The maximum absolute atomic E-state index is 12.9. The highest BCUT2D eigenvalue weighted by atomic mass is 19.4. The number of hydrogen-bond acceptors (Lipinski definition) is 10. The van der Waals surface area contributed by atoms with Crippen LogP contribution in [0.3, 0.4) is 0 Å². The third-order valence-corrected chi connectivity index (χ3v) is 11.0. The number of carbonyl (C=O) groups excluding carboxylic acids is 2. The molecule has 1 N–H and O–H groups in total. The third kappa shape index (κ3) is 10.8. The Labute approximate surface area is 373 Å². The van der Waals surface area contributed by atoms with Gasteiger partial charge in [0.25, 0.3) is 0 Å². The molecule has 2 aliphatic rings. The molecule has 5 aromatic carbocycles. The van der Waals surface area contributed by atoms with E-state index in [2.05, 4.69) is 36.1 Å². The van der Waals surface area contributed by atoms with Gasteiger partial charge >= 0.3 is 24.5 Å². The number of alkyl halides is 6. The van der Waals surface area contributed by atoms with Crippen molar-refractivity contribution in [3.63, 3.8) is 0 Å². The fourth-order valence-corrected chi connectivity index (χ4v) is 7.59. The Hall–Kier alpha value is -7.64. The molecule has 0 saturated carbocycles. The van der Waals surface area contributed by atoms with E-state index in [1.165, 1.54) is 33.9 Å². The molecule has 9 rings (SSSR count). The molecule has 66 heavy (non-hydrogen) atoms. The number of halogens is 6. The Balaban J connectivity index is 0.000000185. The van der Waals surface area contributed by atoms with Crippen LogP contribution in [0.15, 0.2) is 127 Å². The minimum atomic E-state index is -4.37. The largest absolute Gasteiger partial charge is 0.447 e. The van der Waals surface area contributed by atoms with Crippen molar-refractivity contribution in [2.45, 2.75) is 63.3 Å². The number of nitrogens with zero attached hydrogens (tertiary/aromatic N) is 9. The lowest BCUT2D eigenvalue weighted by Crippen LogP contribution is -2.39. The third-order valence-electron chi connectivity index (χ3n) is 11.0. The predicted molar refractivity (Wildman–Crippen MR) is 225 cm³/mol. The van der Waals surface area contributed by atoms with Gasteiger partial charge in [-0.1, -0.05) is 103 Å². The van der Waals surface area contributed by atoms with Gasteiger partial charge in [0.1, 0.15) is 13.2 Å². The molecular formula is C46H40F6N10O4. The number of alkyl carbamates (subject to hydrolysis) is 1. The fourth-order valence-electron chi connectivity index (χ4n) is 7.59. The zero-order chi connectivity index (χ0) is 46.4. The Bertz CT molecular complexity index is 2760. The standard InChI is InChI=1S/C27H24F3N5O2.C19H16F3N5O2/c1-18(20-7-3-2-4-8-20)35-23(17-37-26(35)36)16-34-32-25(31-33-34)24-10-6-5-9-21(24)15-19-11-13-22(14-12-19)27(28,29)30;20-19(21,22)14-7-5-12(6-8-14)9-13-3-1-2-4-16(13)17-24-26-27(25-17)10-15-11-29-18(28)23-15/h2-14,18,23H,15-17H2,1H3;1-8,15H,9-11H2,(H,23,28)/t18-,23-;15-/m11/s1. The van der Waals surface area contributed by atoms with Crippen molar-refractivity contribution in [3.8, 4) is 22.8 Å². The second kappa shape index (κ2) is 19.2. The summed E-state index contributed by atoms with van der Waals surface area (Å²) in [6.45, 7) is 3.03. The minimum absolute atomic E-state index is 0.186. The summed E-state index contributed by atoms with van der Waals surface area (Å²) in [6, 6.07) is 34.0. The van der Waals surface area contributed by atoms with Crippen molar-refractivity contribution in [1.82, 2.24) is 50.6 Å². The van der Waals surface area contributed by atoms with Crippen molar-refractivity contribution in [2.75, 3.05) is 13.2 Å². The molecule has 0 radical (unpaired) electrons. The van der Waals surface area contributed by atoms with Crippen LogP contribution in [0.1, 0.15) is 51.9 Å². The SMILES string of the molecule is C[C@H](c1ccccc1)N1C(=O)OC[C@H]1Cn1nnc(-c2ccccc2Cc2ccc(C(F)(F)F)cc2)n1.O=C1N[C@H](Cn2nnc(-c3ccccc3Cc3ccc(C(F)(F)F)cc3)n2)CO1. The number of rotatable bonds is 12. The Kier molecular flexibility index (Phi) is 13.1. The molecule has 2 aliphatic heterocycles. The number of hydrogen-bond donors (Lipinski definition) is 1. The van der Waals surface area contributed by atoms with E-state index in [9.17, 15) is 35.9 Å². The Morgan fingerprint density at radius 2 is 1.11 bits per heavy atom. The molecule has 2 fully saturated rings. The van der Waals surface area contributed by atoms with Crippen molar-refractivity contribution < 1.29 is 45.4 Å².